The summed E-state index contributed by atoms with van der Waals surface area (Å²) < 4.78 is -3.57. The molecule has 0 saturated heterocycles. The van der Waals surface area contributed by atoms with Crippen LogP contribution in [0.2, 0.25) is 6.04 Å². The van der Waals surface area contributed by atoms with E-state index in [0.29, 0.717) is 0 Å². The number of aryl methyl sites for hydroxylation is 1. The molecule has 1 aromatic rings. The Morgan fingerprint density at radius 1 is 0.722 bits per heavy atom. The van der Waals surface area contributed by atoms with Crippen LogP contribution in [0.15, 0.2) is 30.3 Å². The van der Waals surface area contributed by atoms with Crippen LogP contribution >= 0.6 is 107 Å². The Balaban J connectivity index is 2.89. The zero-order valence-corrected chi connectivity index (χ0v) is 23.0. The lowest BCUT2D eigenvalue weighted by molar-refractivity contribution is 1.13. The fourth-order valence-electron chi connectivity index (χ4n) is 1.41. The highest BCUT2D eigenvalue weighted by atomic mass is 80.0. The molecule has 0 spiro atoms. The number of hydrogen-bond donors (Lipinski definition) is 0. The van der Waals surface area contributed by atoms with Crippen LogP contribution in [0.3, 0.4) is 0 Å². The summed E-state index contributed by atoms with van der Waals surface area (Å²) in [7, 11) is 0. The van der Waals surface area contributed by atoms with Gasteiger partial charge in [0.25, 0.3) is 6.90 Å². The lowest BCUT2D eigenvalue weighted by atomic mass is 10.2. The van der Waals surface area contributed by atoms with Crippen molar-refractivity contribution in [3.8, 4) is 0 Å². The Morgan fingerprint density at radius 3 is 1.56 bits per heavy atom. The van der Waals surface area contributed by atoms with Gasteiger partial charge in [0, 0.05) is 0 Å². The van der Waals surface area contributed by atoms with Crippen molar-refractivity contribution in [1.82, 2.24) is 0 Å². The van der Waals surface area contributed by atoms with E-state index >= 15 is 0 Å². The van der Waals surface area contributed by atoms with Crippen LogP contribution in [0.5, 0.6) is 0 Å². The van der Waals surface area contributed by atoms with Crippen LogP contribution in [0.25, 0.3) is 0 Å². The molecule has 0 aliphatic carbocycles. The van der Waals surface area contributed by atoms with Crippen LogP contribution in [0, 0.1) is 0 Å². The van der Waals surface area contributed by atoms with Crippen LogP contribution in [-0.4, -0.2) is 12.6 Å². The van der Waals surface area contributed by atoms with E-state index in [4.69, 9.17) is 0 Å². The van der Waals surface area contributed by atoms with E-state index in [1.165, 1.54) is 5.56 Å². The molecule has 0 aromatic heterocycles. The molecule has 1 aromatic carbocycles. The molecule has 0 atom stereocenters. The van der Waals surface area contributed by atoms with Crippen molar-refractivity contribution in [1.29, 1.82) is 0 Å². The van der Waals surface area contributed by atoms with E-state index in [0.717, 1.165) is 12.5 Å². The molecule has 0 aliphatic rings. The molecule has 0 bridgehead atoms. The zero-order valence-electron chi connectivity index (χ0n) is 8.95. The van der Waals surface area contributed by atoms with E-state index < -0.39 is 12.6 Å². The molecule has 0 amide bonds. The van der Waals surface area contributed by atoms with Gasteiger partial charge in [-0.15, -0.1) is 15.3 Å². The lowest BCUT2D eigenvalue weighted by Crippen LogP contribution is -2.59. The zero-order chi connectivity index (χ0) is 14.0. The fraction of sp³-hybridized carbons (Fsp3) is 0.250. The summed E-state index contributed by atoms with van der Waals surface area (Å²) in [5, 5.41) is 0. The third-order valence-electron chi connectivity index (χ3n) is 2.50. The number of halogens is 7. The molecule has 0 saturated carbocycles. The van der Waals surface area contributed by atoms with Gasteiger partial charge in [-0.3, -0.25) is 0 Å². The normalized spacial score (nSPS) is 13.7. The van der Waals surface area contributed by atoms with Crippen molar-refractivity contribution in [2.75, 3.05) is 0 Å². The molecule has 1 rings (SSSR count). The Bertz CT molecular complexity index is 372. The summed E-state index contributed by atoms with van der Waals surface area (Å²) in [5.74, 6) is 0. The fourth-order valence-corrected chi connectivity index (χ4v) is 133. The minimum absolute atomic E-state index is 1.08. The van der Waals surface area contributed by atoms with Gasteiger partial charge in [-0.1, -0.05) is 122 Å². The summed E-state index contributed by atoms with van der Waals surface area (Å²) in [6, 6.07) is 11.7. The van der Waals surface area contributed by atoms with Crippen molar-refractivity contribution < 1.29 is 0 Å². The van der Waals surface area contributed by atoms with Crippen molar-refractivity contribution >= 4 is 120 Å². The molecular formula is C8H9Br7Si3. The van der Waals surface area contributed by atoms with E-state index in [2.05, 4.69) is 137 Å². The van der Waals surface area contributed by atoms with Gasteiger partial charge < -0.3 is 0 Å². The van der Waals surface area contributed by atoms with Crippen LogP contribution in [0.4, 0.5) is 0 Å². The Labute approximate surface area is 165 Å². The maximum atomic E-state index is 4.07. The van der Waals surface area contributed by atoms with E-state index in [1.807, 2.05) is 0 Å². The van der Waals surface area contributed by atoms with Gasteiger partial charge >= 0.3 is 0 Å². The maximum Gasteiger partial charge on any atom is 0.267 e. The SMILES string of the molecule is Br[Si](Br)(Br)[Si](Br)(CCc1ccccc1)[Si](Br)(Br)Br. The highest BCUT2D eigenvalue weighted by molar-refractivity contribution is 9.83. The van der Waals surface area contributed by atoms with Gasteiger partial charge in [-0.05, 0) is 18.0 Å². The summed E-state index contributed by atoms with van der Waals surface area (Å²) in [4.78, 5) is 0. The first-order chi connectivity index (χ1) is 8.08. The molecule has 102 valence electrons. The van der Waals surface area contributed by atoms with Crippen LogP contribution in [-0.2, 0) is 6.42 Å². The highest BCUT2D eigenvalue weighted by Gasteiger charge is 2.62. The van der Waals surface area contributed by atoms with E-state index in [1.54, 1.807) is 0 Å². The standard InChI is InChI=1S/C8H9Br7Si3/c9-16(17(10,11)12,18(13,14)15)7-6-8-4-2-1-3-5-8/h1-5H,6-7H2. The number of benzene rings is 1. The van der Waals surface area contributed by atoms with Gasteiger partial charge in [0.05, 0.1) is 0 Å². The topological polar surface area (TPSA) is 0 Å². The Morgan fingerprint density at radius 2 is 1.17 bits per heavy atom. The quantitative estimate of drug-likeness (QED) is 0.226. The molecule has 0 radical (unpaired) electrons. The molecule has 0 heterocycles. The molecule has 18 heavy (non-hydrogen) atoms. The van der Waals surface area contributed by atoms with Crippen LogP contribution in [0.1, 0.15) is 5.56 Å². The molecule has 0 aliphatic heterocycles. The van der Waals surface area contributed by atoms with Crippen molar-refractivity contribution in [2.24, 2.45) is 0 Å². The summed E-state index contributed by atoms with van der Waals surface area (Å²) in [6.07, 6.45) is 1.08. The van der Waals surface area contributed by atoms with Gasteiger partial charge in [-0.25, -0.2) is 0 Å². The predicted molar refractivity (Wildman–Crippen MR) is 115 cm³/mol. The van der Waals surface area contributed by atoms with Gasteiger partial charge in [0.1, 0.15) is 0 Å². The Hall–Kier alpha value is 3.23. The lowest BCUT2D eigenvalue weighted by Gasteiger charge is -2.36. The molecule has 0 nitrogen and oxygen atoms in total. The largest absolute Gasteiger partial charge is 0.267 e. The maximum absolute atomic E-state index is 4.07. The van der Waals surface area contributed by atoms with Crippen molar-refractivity contribution in [3.05, 3.63) is 35.9 Å². The second-order valence-corrected chi connectivity index (χ2v) is 81.2. The van der Waals surface area contributed by atoms with Crippen LogP contribution < -0.4 is 0 Å². The summed E-state index contributed by atoms with van der Waals surface area (Å²) in [6.45, 7) is 0. The molecule has 0 fully saturated rings. The summed E-state index contributed by atoms with van der Waals surface area (Å²) in [5.41, 5.74) is -0.365. The van der Waals surface area contributed by atoms with Crippen molar-refractivity contribution in [2.45, 2.75) is 12.5 Å². The third-order valence-corrected chi connectivity index (χ3v) is 116. The van der Waals surface area contributed by atoms with E-state index in [-0.39, 0.29) is 0 Å². The summed E-state index contributed by atoms with van der Waals surface area (Å²) >= 11 is 27.1. The second kappa shape index (κ2) is 7.67. The number of hydrogen-bond acceptors (Lipinski definition) is 0. The van der Waals surface area contributed by atoms with Gasteiger partial charge in [0.15, 0.2) is 5.73 Å². The Kier molecular flexibility index (Phi) is 8.22. The monoisotopic (exact) mass is 741 g/mol. The predicted octanol–water partition coefficient (Wildman–Crippen LogP) is 6.97. The second-order valence-electron chi connectivity index (χ2n) is 3.78. The molecule has 0 unspecified atom stereocenters. The minimum Gasteiger partial charge on any atom is -0.126 e. The first-order valence-electron chi connectivity index (χ1n) is 4.94. The molecule has 10 heteroatoms. The van der Waals surface area contributed by atoms with Crippen molar-refractivity contribution in [3.63, 3.8) is 0 Å². The number of rotatable bonds is 5. The third kappa shape index (κ3) is 5.15. The van der Waals surface area contributed by atoms with Gasteiger partial charge in [0.2, 0.25) is 0 Å². The minimum atomic E-state index is -1.79. The average Bonchev–Trinajstić information content (AvgIpc) is 2.24. The smallest absolute Gasteiger partial charge is 0.126 e. The first-order valence-corrected chi connectivity index (χ1v) is 28.9. The molecular weight excluding hydrogens is 740 g/mol. The first kappa shape index (κ1) is 19.3. The molecule has 0 N–H and O–H groups in total. The van der Waals surface area contributed by atoms with Gasteiger partial charge in [-0.2, -0.15) is 0 Å². The average molecular weight is 749 g/mol. The van der Waals surface area contributed by atoms with E-state index in [9.17, 15) is 0 Å². The highest BCUT2D eigenvalue weighted by Crippen LogP contribution is 2.54.